The summed E-state index contributed by atoms with van der Waals surface area (Å²) >= 11 is 0. The summed E-state index contributed by atoms with van der Waals surface area (Å²) in [7, 11) is 0. The molecule has 1 fully saturated rings. The number of benzene rings is 1. The van der Waals surface area contributed by atoms with Crippen LogP contribution in [0, 0.1) is 0 Å². The number of amides is 4. The van der Waals surface area contributed by atoms with Gasteiger partial charge in [0.15, 0.2) is 0 Å². The lowest BCUT2D eigenvalue weighted by atomic mass is 10.3. The quantitative estimate of drug-likeness (QED) is 0.683. The molecule has 0 radical (unpaired) electrons. The molecule has 0 atom stereocenters. The summed E-state index contributed by atoms with van der Waals surface area (Å²) in [6.45, 7) is 3.71. The Hall–Kier alpha value is -2.77. The van der Waals surface area contributed by atoms with E-state index in [1.165, 1.54) is 0 Å². The second kappa shape index (κ2) is 9.51. The average molecular weight is 348 g/mol. The van der Waals surface area contributed by atoms with Crippen molar-refractivity contribution in [1.82, 2.24) is 15.5 Å². The standard InChI is InChI=1S/C17H24N4O4/c1-2-25-14-7-5-13(6-8-14)20-15(22)11-18-17(24)19-12-16(23)21-9-3-4-10-21/h5-8H,2-4,9-12H2,1H3,(H,20,22)(H2,18,19,24). The van der Waals surface area contributed by atoms with Gasteiger partial charge in [-0.15, -0.1) is 0 Å². The number of carbonyl (C=O) groups is 3. The molecule has 1 aliphatic rings. The van der Waals surface area contributed by atoms with E-state index in [2.05, 4.69) is 16.0 Å². The minimum absolute atomic E-state index is 0.0632. The lowest BCUT2D eigenvalue weighted by Crippen LogP contribution is -2.44. The third-order valence-corrected chi connectivity index (χ3v) is 3.72. The van der Waals surface area contributed by atoms with E-state index in [1.807, 2.05) is 6.92 Å². The second-order valence-electron chi connectivity index (χ2n) is 5.63. The zero-order valence-corrected chi connectivity index (χ0v) is 14.3. The van der Waals surface area contributed by atoms with Crippen molar-refractivity contribution < 1.29 is 19.1 Å². The Labute approximate surface area is 146 Å². The van der Waals surface area contributed by atoms with Crippen molar-refractivity contribution in [3.63, 3.8) is 0 Å². The highest BCUT2D eigenvalue weighted by Gasteiger charge is 2.18. The van der Waals surface area contributed by atoms with E-state index in [0.717, 1.165) is 31.7 Å². The number of hydrogen-bond acceptors (Lipinski definition) is 4. The molecule has 1 aromatic rings. The van der Waals surface area contributed by atoms with Crippen molar-refractivity contribution in [2.45, 2.75) is 19.8 Å². The number of ether oxygens (including phenoxy) is 1. The van der Waals surface area contributed by atoms with Gasteiger partial charge >= 0.3 is 6.03 Å². The van der Waals surface area contributed by atoms with Crippen LogP contribution < -0.4 is 20.7 Å². The fraction of sp³-hybridized carbons (Fsp3) is 0.471. The maximum absolute atomic E-state index is 11.8. The topological polar surface area (TPSA) is 99.8 Å². The lowest BCUT2D eigenvalue weighted by molar-refractivity contribution is -0.129. The van der Waals surface area contributed by atoms with E-state index in [0.29, 0.717) is 12.3 Å². The Kier molecular flexibility index (Phi) is 7.06. The van der Waals surface area contributed by atoms with Crippen LogP contribution in [-0.2, 0) is 9.59 Å². The molecule has 1 heterocycles. The Balaban J connectivity index is 1.64. The number of nitrogens with zero attached hydrogens (tertiary/aromatic N) is 1. The highest BCUT2D eigenvalue weighted by Crippen LogP contribution is 2.15. The number of likely N-dealkylation sites (tertiary alicyclic amines) is 1. The number of hydrogen-bond donors (Lipinski definition) is 3. The van der Waals surface area contributed by atoms with Gasteiger partial charge in [0.25, 0.3) is 0 Å². The molecule has 0 spiro atoms. The van der Waals surface area contributed by atoms with Gasteiger partial charge in [0.1, 0.15) is 5.75 Å². The summed E-state index contributed by atoms with van der Waals surface area (Å²) < 4.78 is 5.32. The molecule has 0 saturated carbocycles. The smallest absolute Gasteiger partial charge is 0.315 e. The van der Waals surface area contributed by atoms with Crippen LogP contribution in [0.3, 0.4) is 0 Å². The van der Waals surface area contributed by atoms with Crippen molar-refractivity contribution in [2.24, 2.45) is 0 Å². The van der Waals surface area contributed by atoms with Crippen LogP contribution in [-0.4, -0.2) is 55.5 Å². The van der Waals surface area contributed by atoms with E-state index in [9.17, 15) is 14.4 Å². The van der Waals surface area contributed by atoms with E-state index < -0.39 is 6.03 Å². The number of nitrogens with one attached hydrogen (secondary N) is 3. The minimum atomic E-state index is -0.547. The average Bonchev–Trinajstić information content (AvgIpc) is 3.14. The van der Waals surface area contributed by atoms with Crippen LogP contribution in [0.4, 0.5) is 10.5 Å². The van der Waals surface area contributed by atoms with Crippen molar-refractivity contribution in [2.75, 3.05) is 38.1 Å². The maximum atomic E-state index is 11.8. The molecule has 8 nitrogen and oxygen atoms in total. The third kappa shape index (κ3) is 6.33. The Morgan fingerprint density at radius 2 is 1.68 bits per heavy atom. The van der Waals surface area contributed by atoms with Crippen molar-refractivity contribution in [3.05, 3.63) is 24.3 Å². The van der Waals surface area contributed by atoms with E-state index in [1.54, 1.807) is 29.2 Å². The van der Waals surface area contributed by atoms with Gasteiger partial charge in [-0.25, -0.2) is 4.79 Å². The summed E-state index contributed by atoms with van der Waals surface area (Å²) in [4.78, 5) is 37.0. The van der Waals surface area contributed by atoms with Crippen molar-refractivity contribution in [1.29, 1.82) is 0 Å². The molecule has 0 unspecified atom stereocenters. The van der Waals surface area contributed by atoms with Gasteiger partial charge in [-0.3, -0.25) is 9.59 Å². The maximum Gasteiger partial charge on any atom is 0.315 e. The predicted octanol–water partition coefficient (Wildman–Crippen LogP) is 0.945. The van der Waals surface area contributed by atoms with Crippen LogP contribution in [0.25, 0.3) is 0 Å². The number of rotatable bonds is 7. The molecule has 25 heavy (non-hydrogen) atoms. The molecular weight excluding hydrogens is 324 g/mol. The van der Waals surface area contributed by atoms with Crippen LogP contribution in [0.5, 0.6) is 5.75 Å². The second-order valence-corrected chi connectivity index (χ2v) is 5.63. The van der Waals surface area contributed by atoms with Crippen LogP contribution in [0.15, 0.2) is 24.3 Å². The van der Waals surface area contributed by atoms with Crippen LogP contribution in [0.1, 0.15) is 19.8 Å². The molecule has 0 aromatic heterocycles. The largest absolute Gasteiger partial charge is 0.494 e. The van der Waals surface area contributed by atoms with Gasteiger partial charge in [-0.1, -0.05) is 0 Å². The minimum Gasteiger partial charge on any atom is -0.494 e. The normalized spacial score (nSPS) is 13.2. The summed E-state index contributed by atoms with van der Waals surface area (Å²) in [6, 6.07) is 6.40. The Morgan fingerprint density at radius 3 is 2.32 bits per heavy atom. The number of anilines is 1. The highest BCUT2D eigenvalue weighted by atomic mass is 16.5. The molecular formula is C17H24N4O4. The summed E-state index contributed by atoms with van der Waals surface area (Å²) in [5, 5.41) is 7.55. The molecule has 0 bridgehead atoms. The molecule has 3 N–H and O–H groups in total. The SMILES string of the molecule is CCOc1ccc(NC(=O)CNC(=O)NCC(=O)N2CCCC2)cc1. The molecule has 1 aliphatic heterocycles. The van der Waals surface area contributed by atoms with Crippen molar-refractivity contribution in [3.8, 4) is 5.75 Å². The molecule has 8 heteroatoms. The fourth-order valence-corrected chi connectivity index (χ4v) is 2.46. The van der Waals surface area contributed by atoms with Gasteiger partial charge in [0.05, 0.1) is 19.7 Å². The predicted molar refractivity (Wildman–Crippen MR) is 93.5 cm³/mol. The first-order valence-electron chi connectivity index (χ1n) is 8.40. The first kappa shape index (κ1) is 18.6. The number of carbonyl (C=O) groups excluding carboxylic acids is 3. The Morgan fingerprint density at radius 1 is 1.04 bits per heavy atom. The van der Waals surface area contributed by atoms with Crippen LogP contribution >= 0.6 is 0 Å². The molecule has 1 saturated heterocycles. The summed E-state index contributed by atoms with van der Waals surface area (Å²) in [5.41, 5.74) is 0.611. The van der Waals surface area contributed by atoms with Crippen LogP contribution in [0.2, 0.25) is 0 Å². The summed E-state index contributed by atoms with van der Waals surface area (Å²) in [5.74, 6) is 0.261. The first-order chi connectivity index (χ1) is 12.1. The molecule has 136 valence electrons. The molecule has 2 rings (SSSR count). The first-order valence-corrected chi connectivity index (χ1v) is 8.40. The summed E-state index contributed by atoms with van der Waals surface area (Å²) in [6.07, 6.45) is 2.01. The molecule has 0 aliphatic carbocycles. The van der Waals surface area contributed by atoms with Gasteiger partial charge in [0, 0.05) is 18.8 Å². The van der Waals surface area contributed by atoms with E-state index >= 15 is 0 Å². The zero-order chi connectivity index (χ0) is 18.1. The fourth-order valence-electron chi connectivity index (χ4n) is 2.46. The van der Waals surface area contributed by atoms with Gasteiger partial charge in [-0.05, 0) is 44.0 Å². The van der Waals surface area contributed by atoms with E-state index in [4.69, 9.17) is 4.74 Å². The van der Waals surface area contributed by atoms with Gasteiger partial charge < -0.3 is 25.6 Å². The highest BCUT2D eigenvalue weighted by molar-refractivity contribution is 5.94. The lowest BCUT2D eigenvalue weighted by Gasteiger charge is -2.15. The molecule has 4 amide bonds. The monoisotopic (exact) mass is 348 g/mol. The van der Waals surface area contributed by atoms with Gasteiger partial charge in [-0.2, -0.15) is 0 Å². The van der Waals surface area contributed by atoms with Gasteiger partial charge in [0.2, 0.25) is 11.8 Å². The zero-order valence-electron chi connectivity index (χ0n) is 14.3. The number of urea groups is 1. The Bertz CT molecular complexity index is 597. The molecule has 1 aromatic carbocycles. The third-order valence-electron chi connectivity index (χ3n) is 3.72. The van der Waals surface area contributed by atoms with Crippen molar-refractivity contribution >= 4 is 23.5 Å². The van der Waals surface area contributed by atoms with E-state index in [-0.39, 0.29) is 24.9 Å².